The lowest BCUT2D eigenvalue weighted by molar-refractivity contribution is -0.167. The van der Waals surface area contributed by atoms with Gasteiger partial charge >= 0.3 is 17.9 Å². The van der Waals surface area contributed by atoms with E-state index in [1.54, 1.807) is 0 Å². The van der Waals surface area contributed by atoms with Crippen molar-refractivity contribution in [3.8, 4) is 0 Å². The highest BCUT2D eigenvalue weighted by atomic mass is 16.6. The third kappa shape index (κ3) is 37.5. The van der Waals surface area contributed by atoms with E-state index < -0.39 is 6.10 Å². The molecule has 6 heteroatoms. The Hall–Kier alpha value is -1.59. The van der Waals surface area contributed by atoms with Crippen molar-refractivity contribution < 1.29 is 28.6 Å². The number of rotatable bonds is 37. The summed E-state index contributed by atoms with van der Waals surface area (Å²) in [6, 6.07) is 0. The Kier molecular flexibility index (Phi) is 35.0. The molecule has 0 aromatic heterocycles. The van der Waals surface area contributed by atoms with Crippen molar-refractivity contribution in [2.75, 3.05) is 13.2 Å². The standard InChI is InChI=1S/C43H82O6/c1-6-7-8-9-10-11-14-17-23-28-33-41(44)47-36-40(49-43(46)35-30-25-20-19-22-27-32-39(4)5)37-48-42(45)34-29-24-18-15-12-13-16-21-26-31-38(2)3/h38-40H,6-37H2,1-5H3/t40-/m0/s1. The molecule has 0 aliphatic carbocycles. The maximum atomic E-state index is 12.6. The van der Waals surface area contributed by atoms with Crippen molar-refractivity contribution in [1.29, 1.82) is 0 Å². The van der Waals surface area contributed by atoms with E-state index in [-0.39, 0.29) is 31.1 Å². The van der Waals surface area contributed by atoms with E-state index in [4.69, 9.17) is 14.2 Å². The fraction of sp³-hybridized carbons (Fsp3) is 0.930. The lowest BCUT2D eigenvalue weighted by atomic mass is 10.0. The van der Waals surface area contributed by atoms with Crippen LogP contribution in [-0.2, 0) is 28.6 Å². The molecule has 0 fully saturated rings. The molecule has 0 aromatic carbocycles. The van der Waals surface area contributed by atoms with Crippen LogP contribution in [0.4, 0.5) is 0 Å². The van der Waals surface area contributed by atoms with Crippen LogP contribution in [0.5, 0.6) is 0 Å². The van der Waals surface area contributed by atoms with Crippen LogP contribution in [0.25, 0.3) is 0 Å². The summed E-state index contributed by atoms with van der Waals surface area (Å²) in [6.07, 6.45) is 32.4. The van der Waals surface area contributed by atoms with Gasteiger partial charge in [0.1, 0.15) is 13.2 Å². The highest BCUT2D eigenvalue weighted by Crippen LogP contribution is 2.16. The van der Waals surface area contributed by atoms with Gasteiger partial charge in [-0.05, 0) is 31.1 Å². The van der Waals surface area contributed by atoms with Crippen LogP contribution in [0.1, 0.15) is 227 Å². The summed E-state index contributed by atoms with van der Waals surface area (Å²) < 4.78 is 16.6. The predicted octanol–water partition coefficient (Wildman–Crippen LogP) is 13.0. The Bertz CT molecular complexity index is 749. The van der Waals surface area contributed by atoms with E-state index >= 15 is 0 Å². The van der Waals surface area contributed by atoms with E-state index in [1.165, 1.54) is 116 Å². The van der Waals surface area contributed by atoms with Crippen LogP contribution in [-0.4, -0.2) is 37.2 Å². The molecule has 0 rings (SSSR count). The van der Waals surface area contributed by atoms with Crippen molar-refractivity contribution in [1.82, 2.24) is 0 Å². The fourth-order valence-electron chi connectivity index (χ4n) is 6.22. The van der Waals surface area contributed by atoms with Gasteiger partial charge in [-0.3, -0.25) is 14.4 Å². The smallest absolute Gasteiger partial charge is 0.306 e. The minimum atomic E-state index is -0.760. The molecule has 6 nitrogen and oxygen atoms in total. The molecule has 0 aliphatic rings. The summed E-state index contributed by atoms with van der Waals surface area (Å²) in [5, 5.41) is 0. The third-order valence-electron chi connectivity index (χ3n) is 9.47. The quantitative estimate of drug-likeness (QED) is 0.0366. The normalized spacial score (nSPS) is 12.1. The second-order valence-electron chi connectivity index (χ2n) is 15.6. The molecule has 0 heterocycles. The Morgan fingerprint density at radius 1 is 0.388 bits per heavy atom. The van der Waals surface area contributed by atoms with Crippen LogP contribution in [0.15, 0.2) is 0 Å². The van der Waals surface area contributed by atoms with Gasteiger partial charge in [0.05, 0.1) is 0 Å². The molecule has 0 aliphatic heterocycles. The molecule has 1 atom stereocenters. The molecule has 0 radical (unpaired) electrons. The Balaban J connectivity index is 4.33. The SMILES string of the molecule is CCCCCCCCCCCCC(=O)OC[C@@H](COC(=O)CCCCCCCCCCCC(C)C)OC(=O)CCCCCCCCC(C)C. The zero-order chi connectivity index (χ0) is 36.2. The molecule has 0 bridgehead atoms. The molecule has 290 valence electrons. The van der Waals surface area contributed by atoms with Crippen molar-refractivity contribution in [3.63, 3.8) is 0 Å². The highest BCUT2D eigenvalue weighted by Gasteiger charge is 2.19. The molecule has 0 unspecified atom stereocenters. The fourth-order valence-corrected chi connectivity index (χ4v) is 6.22. The number of carbonyl (C=O) groups excluding carboxylic acids is 3. The molecule has 0 aromatic rings. The second-order valence-corrected chi connectivity index (χ2v) is 15.6. The van der Waals surface area contributed by atoms with E-state index in [9.17, 15) is 14.4 Å². The molecule has 0 saturated carbocycles. The first-order valence-corrected chi connectivity index (χ1v) is 21.2. The number of ether oxygens (including phenoxy) is 3. The third-order valence-corrected chi connectivity index (χ3v) is 9.47. The molecule has 0 amide bonds. The molecular weight excluding hydrogens is 612 g/mol. The van der Waals surface area contributed by atoms with Crippen molar-refractivity contribution >= 4 is 17.9 Å². The van der Waals surface area contributed by atoms with Crippen LogP contribution in [0.3, 0.4) is 0 Å². The van der Waals surface area contributed by atoms with E-state index in [0.717, 1.165) is 69.6 Å². The summed E-state index contributed by atoms with van der Waals surface area (Å²) in [4.78, 5) is 37.5. The van der Waals surface area contributed by atoms with Gasteiger partial charge in [-0.25, -0.2) is 0 Å². The first kappa shape index (κ1) is 47.4. The van der Waals surface area contributed by atoms with Gasteiger partial charge in [0.15, 0.2) is 6.10 Å². The van der Waals surface area contributed by atoms with Crippen LogP contribution >= 0.6 is 0 Å². The number of carbonyl (C=O) groups is 3. The van der Waals surface area contributed by atoms with Gasteiger partial charge in [-0.2, -0.15) is 0 Å². The predicted molar refractivity (Wildman–Crippen MR) is 206 cm³/mol. The van der Waals surface area contributed by atoms with Crippen LogP contribution < -0.4 is 0 Å². The van der Waals surface area contributed by atoms with Crippen molar-refractivity contribution in [2.45, 2.75) is 233 Å². The van der Waals surface area contributed by atoms with E-state index in [1.807, 2.05) is 0 Å². The monoisotopic (exact) mass is 695 g/mol. The number of esters is 3. The van der Waals surface area contributed by atoms with Gasteiger partial charge in [0.25, 0.3) is 0 Å². The zero-order valence-corrected chi connectivity index (χ0v) is 33.3. The average molecular weight is 695 g/mol. The van der Waals surface area contributed by atoms with Gasteiger partial charge in [0.2, 0.25) is 0 Å². The minimum Gasteiger partial charge on any atom is -0.462 e. The van der Waals surface area contributed by atoms with Gasteiger partial charge in [-0.15, -0.1) is 0 Å². The molecule has 49 heavy (non-hydrogen) atoms. The maximum absolute atomic E-state index is 12.6. The summed E-state index contributed by atoms with van der Waals surface area (Å²) in [5.41, 5.74) is 0. The van der Waals surface area contributed by atoms with E-state index in [2.05, 4.69) is 34.6 Å². The van der Waals surface area contributed by atoms with Gasteiger partial charge < -0.3 is 14.2 Å². The van der Waals surface area contributed by atoms with Crippen molar-refractivity contribution in [2.24, 2.45) is 11.8 Å². The first-order chi connectivity index (χ1) is 23.7. The molecule has 0 saturated heterocycles. The zero-order valence-electron chi connectivity index (χ0n) is 33.3. The average Bonchev–Trinajstić information content (AvgIpc) is 3.06. The lowest BCUT2D eigenvalue weighted by Gasteiger charge is -2.18. The summed E-state index contributed by atoms with van der Waals surface area (Å²) in [5.74, 6) is 0.699. The second kappa shape index (κ2) is 36.2. The number of unbranched alkanes of at least 4 members (excludes halogenated alkanes) is 22. The van der Waals surface area contributed by atoms with E-state index in [0.29, 0.717) is 19.3 Å². The van der Waals surface area contributed by atoms with Crippen molar-refractivity contribution in [3.05, 3.63) is 0 Å². The molecule has 0 N–H and O–H groups in total. The lowest BCUT2D eigenvalue weighted by Crippen LogP contribution is -2.30. The Labute approximate surface area is 304 Å². The Morgan fingerprint density at radius 2 is 0.673 bits per heavy atom. The number of hydrogen-bond acceptors (Lipinski definition) is 6. The first-order valence-electron chi connectivity index (χ1n) is 21.2. The summed E-state index contributed by atoms with van der Waals surface area (Å²) in [6.45, 7) is 11.2. The topological polar surface area (TPSA) is 78.9 Å². The highest BCUT2D eigenvalue weighted by molar-refractivity contribution is 5.71. The Morgan fingerprint density at radius 3 is 1.00 bits per heavy atom. The van der Waals surface area contributed by atoms with Gasteiger partial charge in [0, 0.05) is 19.3 Å². The van der Waals surface area contributed by atoms with Crippen LogP contribution in [0.2, 0.25) is 0 Å². The summed E-state index contributed by atoms with van der Waals surface area (Å²) >= 11 is 0. The largest absolute Gasteiger partial charge is 0.462 e. The summed E-state index contributed by atoms with van der Waals surface area (Å²) in [7, 11) is 0. The maximum Gasteiger partial charge on any atom is 0.306 e. The minimum absolute atomic E-state index is 0.0665. The molecular formula is C43H82O6. The number of hydrogen-bond donors (Lipinski definition) is 0. The van der Waals surface area contributed by atoms with Gasteiger partial charge in [-0.1, -0.05) is 189 Å². The van der Waals surface area contributed by atoms with Crippen LogP contribution in [0, 0.1) is 11.8 Å². The molecule has 0 spiro atoms.